The van der Waals surface area contributed by atoms with Gasteiger partial charge in [-0.3, -0.25) is 0 Å². The number of benzene rings is 1. The quantitative estimate of drug-likeness (QED) is 0.871. The van der Waals surface area contributed by atoms with Crippen molar-refractivity contribution in [3.8, 4) is 23.0 Å². The van der Waals surface area contributed by atoms with Gasteiger partial charge in [0.15, 0.2) is 11.5 Å². The smallest absolute Gasteiger partial charge is 0.317 e. The molecule has 8 heteroatoms. The molecule has 144 valence electrons. The lowest BCUT2D eigenvalue weighted by molar-refractivity contribution is 0.167. The molecule has 0 radical (unpaired) electrons. The summed E-state index contributed by atoms with van der Waals surface area (Å²) in [5.74, 6) is 2.44. The third kappa shape index (κ3) is 3.84. The van der Waals surface area contributed by atoms with E-state index in [0.717, 1.165) is 24.9 Å². The number of ether oxygens (including phenoxy) is 2. The first kappa shape index (κ1) is 17.6. The van der Waals surface area contributed by atoms with Gasteiger partial charge in [-0.05, 0) is 51.8 Å². The SMILES string of the molecule is CC(C)(C)NC(=O)N1CCCC(c2nnc(-c3ccc4c(c3)OCO4)o2)C1. The number of amides is 2. The number of hydrogen-bond acceptors (Lipinski definition) is 6. The molecule has 1 N–H and O–H groups in total. The fourth-order valence-electron chi connectivity index (χ4n) is 3.31. The highest BCUT2D eigenvalue weighted by atomic mass is 16.7. The van der Waals surface area contributed by atoms with E-state index in [2.05, 4.69) is 15.5 Å². The van der Waals surface area contributed by atoms with Crippen LogP contribution in [0.1, 0.15) is 45.4 Å². The van der Waals surface area contributed by atoms with E-state index < -0.39 is 0 Å². The lowest BCUT2D eigenvalue weighted by Crippen LogP contribution is -2.51. The fourth-order valence-corrected chi connectivity index (χ4v) is 3.31. The van der Waals surface area contributed by atoms with Crippen LogP contribution in [0.4, 0.5) is 4.79 Å². The van der Waals surface area contributed by atoms with E-state index in [1.807, 2.05) is 43.9 Å². The van der Waals surface area contributed by atoms with Crippen LogP contribution in [0, 0.1) is 0 Å². The van der Waals surface area contributed by atoms with Gasteiger partial charge in [-0.15, -0.1) is 10.2 Å². The second kappa shape index (κ2) is 6.75. The molecule has 0 bridgehead atoms. The fraction of sp³-hybridized carbons (Fsp3) is 0.526. The molecular formula is C19H24N4O4. The number of carbonyl (C=O) groups excluding carboxylic acids is 1. The Morgan fingerprint density at radius 3 is 2.85 bits per heavy atom. The highest BCUT2D eigenvalue weighted by Crippen LogP contribution is 2.36. The Bertz CT molecular complexity index is 842. The van der Waals surface area contributed by atoms with Gasteiger partial charge in [-0.1, -0.05) is 0 Å². The predicted octanol–water partition coefficient (Wildman–Crippen LogP) is 3.15. The standard InChI is InChI=1S/C19H24N4O4/c1-19(2,3)20-18(24)23-8-4-5-13(10-23)17-22-21-16(27-17)12-6-7-14-15(9-12)26-11-25-14/h6-7,9,13H,4-5,8,10-11H2,1-3H3,(H,20,24). The molecule has 2 aliphatic rings. The van der Waals surface area contributed by atoms with Gasteiger partial charge >= 0.3 is 6.03 Å². The van der Waals surface area contributed by atoms with E-state index in [1.165, 1.54) is 0 Å². The zero-order valence-electron chi connectivity index (χ0n) is 15.8. The zero-order valence-corrected chi connectivity index (χ0v) is 15.8. The lowest BCUT2D eigenvalue weighted by atomic mass is 9.98. The Balaban J connectivity index is 1.47. The second-order valence-corrected chi connectivity index (χ2v) is 7.98. The Morgan fingerprint density at radius 2 is 2.04 bits per heavy atom. The highest BCUT2D eigenvalue weighted by molar-refractivity contribution is 5.75. The third-order valence-corrected chi connectivity index (χ3v) is 4.60. The maximum absolute atomic E-state index is 12.4. The number of rotatable bonds is 2. The van der Waals surface area contributed by atoms with E-state index >= 15 is 0 Å². The van der Waals surface area contributed by atoms with E-state index in [0.29, 0.717) is 29.8 Å². The Labute approximate surface area is 157 Å². The number of nitrogens with one attached hydrogen (secondary N) is 1. The van der Waals surface area contributed by atoms with Crippen LogP contribution in [0.2, 0.25) is 0 Å². The van der Waals surface area contributed by atoms with Crippen molar-refractivity contribution in [1.82, 2.24) is 20.4 Å². The minimum absolute atomic E-state index is 0.0414. The van der Waals surface area contributed by atoms with Gasteiger partial charge < -0.3 is 24.1 Å². The minimum atomic E-state index is -0.263. The molecule has 1 aromatic carbocycles. The number of fused-ring (bicyclic) bond motifs is 1. The van der Waals surface area contributed by atoms with Crippen LogP contribution < -0.4 is 14.8 Å². The van der Waals surface area contributed by atoms with Crippen molar-refractivity contribution < 1.29 is 18.7 Å². The van der Waals surface area contributed by atoms with Crippen LogP contribution in [0.25, 0.3) is 11.5 Å². The maximum Gasteiger partial charge on any atom is 0.317 e. The second-order valence-electron chi connectivity index (χ2n) is 7.98. The largest absolute Gasteiger partial charge is 0.454 e. The summed E-state index contributed by atoms with van der Waals surface area (Å²) in [5.41, 5.74) is 0.525. The molecule has 2 amide bonds. The molecule has 2 aromatic rings. The van der Waals surface area contributed by atoms with Crippen LogP contribution in [0.15, 0.2) is 22.6 Å². The first-order chi connectivity index (χ1) is 12.9. The normalized spacial score (nSPS) is 19.2. The summed E-state index contributed by atoms with van der Waals surface area (Å²) in [4.78, 5) is 14.3. The molecule has 2 aliphatic heterocycles. The lowest BCUT2D eigenvalue weighted by Gasteiger charge is -2.33. The van der Waals surface area contributed by atoms with Gasteiger partial charge in [0.25, 0.3) is 0 Å². The minimum Gasteiger partial charge on any atom is -0.454 e. The van der Waals surface area contributed by atoms with Crippen molar-refractivity contribution in [2.24, 2.45) is 0 Å². The summed E-state index contributed by atoms with van der Waals surface area (Å²) in [6.07, 6.45) is 1.83. The summed E-state index contributed by atoms with van der Waals surface area (Å²) in [6.45, 7) is 7.46. The number of nitrogens with zero attached hydrogens (tertiary/aromatic N) is 3. The highest BCUT2D eigenvalue weighted by Gasteiger charge is 2.30. The molecule has 0 spiro atoms. The third-order valence-electron chi connectivity index (χ3n) is 4.60. The van der Waals surface area contributed by atoms with Crippen molar-refractivity contribution in [2.45, 2.75) is 45.1 Å². The molecule has 4 rings (SSSR count). The number of piperidine rings is 1. The number of aromatic nitrogens is 2. The van der Waals surface area contributed by atoms with Crippen molar-refractivity contribution in [2.75, 3.05) is 19.9 Å². The molecule has 27 heavy (non-hydrogen) atoms. The van der Waals surface area contributed by atoms with Crippen molar-refractivity contribution in [3.63, 3.8) is 0 Å². The van der Waals surface area contributed by atoms with Crippen LogP contribution in [-0.2, 0) is 0 Å². The van der Waals surface area contributed by atoms with Gasteiger partial charge in [0.05, 0.1) is 5.92 Å². The Morgan fingerprint density at radius 1 is 1.22 bits per heavy atom. The molecular weight excluding hydrogens is 348 g/mol. The zero-order chi connectivity index (χ0) is 19.0. The topological polar surface area (TPSA) is 89.7 Å². The average molecular weight is 372 g/mol. The number of urea groups is 1. The monoisotopic (exact) mass is 372 g/mol. The Kier molecular flexibility index (Phi) is 4.41. The van der Waals surface area contributed by atoms with Gasteiger partial charge in [0, 0.05) is 24.2 Å². The van der Waals surface area contributed by atoms with E-state index in [9.17, 15) is 4.79 Å². The number of hydrogen-bond donors (Lipinski definition) is 1. The van der Waals surface area contributed by atoms with Gasteiger partial charge in [-0.2, -0.15) is 0 Å². The van der Waals surface area contributed by atoms with Gasteiger partial charge in [-0.25, -0.2) is 4.79 Å². The molecule has 8 nitrogen and oxygen atoms in total. The summed E-state index contributed by atoms with van der Waals surface area (Å²) in [7, 11) is 0. The van der Waals surface area contributed by atoms with E-state index in [4.69, 9.17) is 13.9 Å². The Hall–Kier alpha value is -2.77. The number of likely N-dealkylation sites (tertiary alicyclic amines) is 1. The van der Waals surface area contributed by atoms with Crippen LogP contribution in [0.5, 0.6) is 11.5 Å². The summed E-state index contributed by atoms with van der Waals surface area (Å²) in [5, 5.41) is 11.4. The van der Waals surface area contributed by atoms with Gasteiger partial charge in [0.2, 0.25) is 18.6 Å². The summed E-state index contributed by atoms with van der Waals surface area (Å²) in [6, 6.07) is 5.49. The summed E-state index contributed by atoms with van der Waals surface area (Å²) < 4.78 is 16.6. The van der Waals surface area contributed by atoms with Gasteiger partial charge in [0.1, 0.15) is 0 Å². The van der Waals surface area contributed by atoms with Crippen LogP contribution in [-0.4, -0.2) is 46.5 Å². The molecule has 1 unspecified atom stereocenters. The van der Waals surface area contributed by atoms with Crippen LogP contribution in [0.3, 0.4) is 0 Å². The van der Waals surface area contributed by atoms with Crippen molar-refractivity contribution in [3.05, 3.63) is 24.1 Å². The molecule has 1 fully saturated rings. The van der Waals surface area contributed by atoms with E-state index in [-0.39, 0.29) is 24.3 Å². The number of carbonyl (C=O) groups is 1. The first-order valence-corrected chi connectivity index (χ1v) is 9.19. The summed E-state index contributed by atoms with van der Waals surface area (Å²) >= 11 is 0. The predicted molar refractivity (Wildman–Crippen MR) is 97.7 cm³/mol. The first-order valence-electron chi connectivity index (χ1n) is 9.19. The van der Waals surface area contributed by atoms with Crippen molar-refractivity contribution in [1.29, 1.82) is 0 Å². The average Bonchev–Trinajstić information content (AvgIpc) is 3.29. The molecule has 1 aromatic heterocycles. The van der Waals surface area contributed by atoms with E-state index in [1.54, 1.807) is 0 Å². The molecule has 1 saturated heterocycles. The molecule has 1 atom stereocenters. The molecule has 0 aliphatic carbocycles. The van der Waals surface area contributed by atoms with Crippen LogP contribution >= 0.6 is 0 Å². The van der Waals surface area contributed by atoms with Crippen molar-refractivity contribution >= 4 is 6.03 Å². The maximum atomic E-state index is 12.4. The molecule has 3 heterocycles. The molecule has 0 saturated carbocycles.